The molecule has 2 heterocycles. The van der Waals surface area contributed by atoms with Crippen LogP contribution in [-0.4, -0.2) is 25.8 Å². The van der Waals surface area contributed by atoms with Gasteiger partial charge in [0, 0.05) is 22.2 Å². The van der Waals surface area contributed by atoms with Crippen LogP contribution in [0.3, 0.4) is 0 Å². The molecule has 1 aliphatic rings. The molecule has 0 bridgehead atoms. The zero-order chi connectivity index (χ0) is 29.7. The summed E-state index contributed by atoms with van der Waals surface area (Å²) in [7, 11) is 0. The minimum Gasteiger partial charge on any atom is -0.295 e. The number of thioether (sulfide) groups is 1. The number of carbonyl (C=O) groups excluding carboxylic acids is 1. The van der Waals surface area contributed by atoms with Crippen LogP contribution in [0.2, 0.25) is 0 Å². The second-order valence-electron chi connectivity index (χ2n) is 8.60. The number of alkyl halides is 1. The second-order valence-corrected chi connectivity index (χ2v) is 10.3. The molecule has 2 atom stereocenters. The number of hydrogen-bond acceptors (Lipinski definition) is 5. The molecular formula is C32H40ClN3O2S. The van der Waals surface area contributed by atoms with Crippen molar-refractivity contribution in [2.45, 2.75) is 65.7 Å². The molecule has 39 heavy (non-hydrogen) atoms. The summed E-state index contributed by atoms with van der Waals surface area (Å²) in [6, 6.07) is 9.41. The number of carbonyl (C=O) groups is 1. The monoisotopic (exact) mass is 565 g/mol. The predicted octanol–water partition coefficient (Wildman–Crippen LogP) is 8.60. The highest BCUT2D eigenvalue weighted by Gasteiger charge is 2.32. The van der Waals surface area contributed by atoms with Gasteiger partial charge in [-0.15, -0.1) is 11.6 Å². The maximum atomic E-state index is 13.4. The third-order valence-corrected chi connectivity index (χ3v) is 7.07. The lowest BCUT2D eigenvalue weighted by Crippen LogP contribution is -2.20. The molecule has 0 amide bonds. The third-order valence-electron chi connectivity index (χ3n) is 5.86. The van der Waals surface area contributed by atoms with E-state index in [1.165, 1.54) is 18.7 Å². The highest BCUT2D eigenvalue weighted by Crippen LogP contribution is 2.42. The number of ketones is 1. The Morgan fingerprint density at radius 3 is 2.15 bits per heavy atom. The Morgan fingerprint density at radius 1 is 1.05 bits per heavy atom. The number of aromatic nitrogens is 2. The van der Waals surface area contributed by atoms with Crippen molar-refractivity contribution >= 4 is 39.8 Å². The Kier molecular flexibility index (Phi) is 14.5. The Bertz CT molecular complexity index is 1340. The third kappa shape index (κ3) is 9.19. The summed E-state index contributed by atoms with van der Waals surface area (Å²) in [4.78, 5) is 35.3. The number of halogens is 1. The first-order valence-corrected chi connectivity index (χ1v) is 14.2. The molecule has 1 aliphatic heterocycles. The molecular weight excluding hydrogens is 526 g/mol. The average Bonchev–Trinajstić information content (AvgIpc) is 3.31. The first-order chi connectivity index (χ1) is 18.5. The molecule has 7 heteroatoms. The lowest BCUT2D eigenvalue weighted by atomic mass is 9.95. The summed E-state index contributed by atoms with van der Waals surface area (Å²) < 4.78 is 1.55. The van der Waals surface area contributed by atoms with E-state index in [4.69, 9.17) is 16.6 Å². The van der Waals surface area contributed by atoms with Gasteiger partial charge in [-0.3, -0.25) is 14.2 Å². The average molecular weight is 566 g/mol. The SMILES string of the molecule is C=CC=C.CC.CC(=O)/C(C)=C(C)/N=C1\Sc2c(ncn(-c3ccccc3)c2=O)\C1=C(\C)C(C)/C=C\C(C)Cl. The van der Waals surface area contributed by atoms with Crippen molar-refractivity contribution in [1.82, 2.24) is 9.55 Å². The summed E-state index contributed by atoms with van der Waals surface area (Å²) in [6.07, 6.45) is 8.84. The summed E-state index contributed by atoms with van der Waals surface area (Å²) in [6.45, 7) is 21.8. The molecule has 208 valence electrons. The molecule has 0 spiro atoms. The standard InChI is InChI=1S/C26H28ClN3O2S.C4H6.C2H6/c1-15(12-13-16(2)27)17(3)22-23-24(33-25(22)29-19(5)18(4)20(6)31)26(32)30(14-28-23)21-10-8-7-9-11-21;1-3-4-2;1-2/h7-16H,1-6H3;3-4H,1-2H2;1-2H3/b13-12-,19-18+,22-17+,29-25-;;. The van der Waals surface area contributed by atoms with Crippen LogP contribution in [-0.2, 0) is 4.79 Å². The number of Topliss-reactive ketones (excluding diaryl/α,β-unsaturated/α-hetero) is 1. The maximum absolute atomic E-state index is 13.4. The lowest BCUT2D eigenvalue weighted by Gasteiger charge is -2.13. The molecule has 1 aromatic carbocycles. The van der Waals surface area contributed by atoms with Gasteiger partial charge >= 0.3 is 0 Å². The fourth-order valence-electron chi connectivity index (χ4n) is 3.35. The van der Waals surface area contributed by atoms with Crippen LogP contribution in [0.4, 0.5) is 0 Å². The fraction of sp³-hybridized carbons (Fsp3) is 0.312. The van der Waals surface area contributed by atoms with Gasteiger partial charge in [0.05, 0.1) is 11.4 Å². The van der Waals surface area contributed by atoms with Gasteiger partial charge in [-0.25, -0.2) is 9.98 Å². The molecule has 2 aromatic rings. The number of fused-ring (bicyclic) bond motifs is 1. The van der Waals surface area contributed by atoms with Gasteiger partial charge in [-0.2, -0.15) is 0 Å². The molecule has 2 unspecified atom stereocenters. The van der Waals surface area contributed by atoms with E-state index in [1.807, 2.05) is 71.0 Å². The van der Waals surface area contributed by atoms with Gasteiger partial charge in [0.15, 0.2) is 5.78 Å². The topological polar surface area (TPSA) is 64.3 Å². The van der Waals surface area contributed by atoms with Crippen LogP contribution in [0.25, 0.3) is 11.3 Å². The minimum absolute atomic E-state index is 0.0310. The number of benzene rings is 1. The van der Waals surface area contributed by atoms with E-state index < -0.39 is 0 Å². The van der Waals surface area contributed by atoms with Gasteiger partial charge in [0.1, 0.15) is 16.3 Å². The molecule has 3 rings (SSSR count). The first-order valence-electron chi connectivity index (χ1n) is 12.9. The van der Waals surface area contributed by atoms with Gasteiger partial charge in [-0.05, 0) is 52.7 Å². The molecule has 1 aromatic heterocycles. The van der Waals surface area contributed by atoms with Crippen LogP contribution >= 0.6 is 23.4 Å². The van der Waals surface area contributed by atoms with Crippen molar-refractivity contribution < 1.29 is 4.79 Å². The predicted molar refractivity (Wildman–Crippen MR) is 170 cm³/mol. The van der Waals surface area contributed by atoms with Crippen LogP contribution in [0.1, 0.15) is 61.1 Å². The number of hydrogen-bond donors (Lipinski definition) is 0. The van der Waals surface area contributed by atoms with Gasteiger partial charge in [0.25, 0.3) is 5.56 Å². The number of rotatable bonds is 7. The Balaban J connectivity index is 0.00000116. The molecule has 0 saturated heterocycles. The summed E-state index contributed by atoms with van der Waals surface area (Å²) in [5.74, 6) is 0.0334. The molecule has 5 nitrogen and oxygen atoms in total. The summed E-state index contributed by atoms with van der Waals surface area (Å²) >= 11 is 7.41. The van der Waals surface area contributed by atoms with E-state index >= 15 is 0 Å². The molecule has 0 saturated carbocycles. The Morgan fingerprint density at radius 2 is 1.64 bits per heavy atom. The number of para-hydroxylation sites is 1. The van der Waals surface area contributed by atoms with Gasteiger partial charge < -0.3 is 0 Å². The normalized spacial score (nSPS) is 16.6. The smallest absolute Gasteiger partial charge is 0.272 e. The van der Waals surface area contributed by atoms with Crippen LogP contribution in [0, 0.1) is 5.92 Å². The van der Waals surface area contributed by atoms with Crippen molar-refractivity contribution in [3.8, 4) is 5.69 Å². The van der Waals surface area contributed by atoms with E-state index in [9.17, 15) is 9.59 Å². The van der Waals surface area contributed by atoms with E-state index in [2.05, 4.69) is 31.1 Å². The van der Waals surface area contributed by atoms with Crippen molar-refractivity contribution in [2.24, 2.45) is 10.9 Å². The largest absolute Gasteiger partial charge is 0.295 e. The quantitative estimate of drug-likeness (QED) is 0.146. The molecule has 0 N–H and O–H groups in total. The van der Waals surface area contributed by atoms with Crippen molar-refractivity contribution in [3.63, 3.8) is 0 Å². The fourth-order valence-corrected chi connectivity index (χ4v) is 4.60. The summed E-state index contributed by atoms with van der Waals surface area (Å²) in [5.41, 5.74) is 4.32. The minimum atomic E-state index is -0.144. The maximum Gasteiger partial charge on any atom is 0.272 e. The highest BCUT2D eigenvalue weighted by molar-refractivity contribution is 8.15. The Labute approximate surface area is 242 Å². The van der Waals surface area contributed by atoms with E-state index in [1.54, 1.807) is 30.0 Å². The van der Waals surface area contributed by atoms with Gasteiger partial charge in [0.2, 0.25) is 0 Å². The zero-order valence-corrected chi connectivity index (χ0v) is 25.9. The highest BCUT2D eigenvalue weighted by atomic mass is 35.5. The second kappa shape index (κ2) is 16.7. The van der Waals surface area contributed by atoms with Crippen LogP contribution in [0.15, 0.2) is 106 Å². The molecule has 0 aliphatic carbocycles. The van der Waals surface area contributed by atoms with Crippen molar-refractivity contribution in [3.05, 3.63) is 107 Å². The van der Waals surface area contributed by atoms with E-state index in [0.717, 1.165) is 16.8 Å². The van der Waals surface area contributed by atoms with E-state index in [0.29, 0.717) is 26.9 Å². The molecule has 0 fully saturated rings. The van der Waals surface area contributed by atoms with E-state index in [-0.39, 0.29) is 22.6 Å². The van der Waals surface area contributed by atoms with Crippen LogP contribution in [0.5, 0.6) is 0 Å². The lowest BCUT2D eigenvalue weighted by molar-refractivity contribution is -0.113. The van der Waals surface area contributed by atoms with Crippen LogP contribution < -0.4 is 5.56 Å². The number of aliphatic imine (C=N–C) groups is 1. The van der Waals surface area contributed by atoms with Crippen molar-refractivity contribution in [1.29, 1.82) is 0 Å². The zero-order valence-electron chi connectivity index (χ0n) is 24.3. The summed E-state index contributed by atoms with van der Waals surface area (Å²) in [5, 5.41) is 0.596. The number of allylic oxidation sites excluding steroid dienone is 7. The first kappa shape index (κ1) is 33.8. The Hall–Kier alpha value is -3.22. The van der Waals surface area contributed by atoms with Gasteiger partial charge in [-0.1, -0.05) is 93.8 Å². The van der Waals surface area contributed by atoms with Crippen molar-refractivity contribution in [2.75, 3.05) is 0 Å². The number of nitrogens with zero attached hydrogens (tertiary/aromatic N) is 3. The molecule has 0 radical (unpaired) electrons.